The van der Waals surface area contributed by atoms with Crippen molar-refractivity contribution < 1.29 is 9.59 Å². The highest BCUT2D eigenvalue weighted by atomic mass is 32.2. The predicted molar refractivity (Wildman–Crippen MR) is 71.1 cm³/mol. The largest absolute Gasteiger partial charge is 0.397 e. The molecule has 0 saturated carbocycles. The highest BCUT2D eigenvalue weighted by Crippen LogP contribution is 2.15. The maximum Gasteiger partial charge on any atom is 0.321 e. The molecule has 0 bridgehead atoms. The van der Waals surface area contributed by atoms with Crippen LogP contribution in [-0.4, -0.2) is 29.2 Å². The third-order valence-electron chi connectivity index (χ3n) is 1.77. The van der Waals surface area contributed by atoms with Gasteiger partial charge < -0.3 is 11.1 Å². The zero-order chi connectivity index (χ0) is 13.4. The molecule has 1 aromatic heterocycles. The minimum Gasteiger partial charge on any atom is -0.397 e. The highest BCUT2D eigenvalue weighted by molar-refractivity contribution is 7.99. The highest BCUT2D eigenvalue weighted by Gasteiger charge is 2.07. The average molecular weight is 266 g/mol. The summed E-state index contributed by atoms with van der Waals surface area (Å²) in [4.78, 5) is 26.5. The van der Waals surface area contributed by atoms with E-state index < -0.39 is 6.03 Å². The summed E-state index contributed by atoms with van der Waals surface area (Å²) in [7, 11) is 0. The molecule has 6 nitrogen and oxygen atoms in total. The van der Waals surface area contributed by atoms with Crippen molar-refractivity contribution in [3.8, 4) is 0 Å². The number of hydrogen-bond acceptors (Lipinski definition) is 5. The minimum absolute atomic E-state index is 0.110. The number of hydrogen-bond donors (Lipinski definition) is 3. The van der Waals surface area contributed by atoms with Gasteiger partial charge in [-0.25, -0.2) is 9.78 Å². The Morgan fingerprint density at radius 1 is 1.50 bits per heavy atom. The van der Waals surface area contributed by atoms with Gasteiger partial charge in [0, 0.05) is 6.54 Å². The molecule has 1 aromatic rings. The molecule has 1 rings (SSSR count). The molecule has 3 amide bonds. The van der Waals surface area contributed by atoms with Crippen molar-refractivity contribution in [3.63, 3.8) is 0 Å². The molecule has 0 atom stereocenters. The van der Waals surface area contributed by atoms with Crippen LogP contribution in [0.4, 0.5) is 10.5 Å². The number of carbonyl (C=O) groups excluding carboxylic acids is 2. The second kappa shape index (κ2) is 7.33. The van der Waals surface area contributed by atoms with Crippen molar-refractivity contribution in [1.82, 2.24) is 15.6 Å². The summed E-state index contributed by atoms with van der Waals surface area (Å²) in [5, 5.41) is 5.30. The standard InChI is InChI=1S/C11H14N4O2S/c1-2-5-13-11(17)15-9(16)7-18-10-4-3-8(12)6-14-10/h2-4,6H,1,5,7,12H2,(H2,13,15,16,17). The van der Waals surface area contributed by atoms with E-state index in [9.17, 15) is 9.59 Å². The first-order valence-electron chi connectivity index (χ1n) is 5.14. The van der Waals surface area contributed by atoms with Gasteiger partial charge in [0.15, 0.2) is 0 Å². The van der Waals surface area contributed by atoms with Gasteiger partial charge in [0.25, 0.3) is 0 Å². The normalized spacial score (nSPS) is 9.56. The topological polar surface area (TPSA) is 97.1 Å². The molecule has 0 aromatic carbocycles. The van der Waals surface area contributed by atoms with E-state index in [2.05, 4.69) is 22.2 Å². The van der Waals surface area contributed by atoms with Gasteiger partial charge in [-0.15, -0.1) is 6.58 Å². The van der Waals surface area contributed by atoms with E-state index in [0.717, 1.165) is 0 Å². The van der Waals surface area contributed by atoms with Crippen LogP contribution in [0.1, 0.15) is 0 Å². The van der Waals surface area contributed by atoms with Gasteiger partial charge in [0.1, 0.15) is 0 Å². The molecule has 0 radical (unpaired) electrons. The molecule has 0 aliphatic carbocycles. The first-order chi connectivity index (χ1) is 8.61. The molecule has 0 aliphatic heterocycles. The van der Waals surface area contributed by atoms with Gasteiger partial charge in [0.05, 0.1) is 22.7 Å². The lowest BCUT2D eigenvalue weighted by atomic mass is 10.4. The van der Waals surface area contributed by atoms with Gasteiger partial charge in [-0.05, 0) is 12.1 Å². The number of anilines is 1. The Labute approximate surface area is 109 Å². The van der Waals surface area contributed by atoms with E-state index >= 15 is 0 Å². The first kappa shape index (κ1) is 14.0. The Bertz CT molecular complexity index is 433. The molecule has 18 heavy (non-hydrogen) atoms. The van der Waals surface area contributed by atoms with E-state index in [-0.39, 0.29) is 11.7 Å². The molecular weight excluding hydrogens is 252 g/mol. The van der Waals surface area contributed by atoms with E-state index in [4.69, 9.17) is 5.73 Å². The van der Waals surface area contributed by atoms with Crippen molar-refractivity contribution >= 4 is 29.4 Å². The van der Waals surface area contributed by atoms with Gasteiger partial charge in [-0.2, -0.15) is 0 Å². The summed E-state index contributed by atoms with van der Waals surface area (Å²) in [5.74, 6) is -0.279. The number of nitrogens with zero attached hydrogens (tertiary/aromatic N) is 1. The predicted octanol–water partition coefficient (Wildman–Crippen LogP) is 0.768. The Morgan fingerprint density at radius 2 is 2.28 bits per heavy atom. The Hall–Kier alpha value is -2.02. The molecule has 0 saturated heterocycles. The summed E-state index contributed by atoms with van der Waals surface area (Å²) >= 11 is 1.22. The molecule has 0 unspecified atom stereocenters. The number of urea groups is 1. The van der Waals surface area contributed by atoms with E-state index in [1.54, 1.807) is 12.1 Å². The Kier molecular flexibility index (Phi) is 5.72. The maximum atomic E-state index is 11.4. The summed E-state index contributed by atoms with van der Waals surface area (Å²) in [6.45, 7) is 3.76. The van der Waals surface area contributed by atoms with Gasteiger partial charge in [-0.3, -0.25) is 10.1 Å². The van der Waals surface area contributed by atoms with E-state index in [0.29, 0.717) is 17.3 Å². The fourth-order valence-corrected chi connectivity index (χ4v) is 1.63. The number of amides is 3. The lowest BCUT2D eigenvalue weighted by Gasteiger charge is -2.04. The second-order valence-electron chi connectivity index (χ2n) is 3.27. The molecule has 0 fully saturated rings. The molecule has 1 heterocycles. The van der Waals surface area contributed by atoms with Crippen LogP contribution < -0.4 is 16.4 Å². The van der Waals surface area contributed by atoms with Crippen LogP contribution in [0.5, 0.6) is 0 Å². The van der Waals surface area contributed by atoms with Crippen molar-refractivity contribution in [2.24, 2.45) is 0 Å². The molecule has 7 heteroatoms. The fraction of sp³-hybridized carbons (Fsp3) is 0.182. The van der Waals surface area contributed by atoms with Crippen LogP contribution in [0.3, 0.4) is 0 Å². The number of nitrogens with two attached hydrogens (primary N) is 1. The zero-order valence-electron chi connectivity index (χ0n) is 9.68. The van der Waals surface area contributed by atoms with Crippen molar-refractivity contribution in [3.05, 3.63) is 31.0 Å². The van der Waals surface area contributed by atoms with E-state index in [1.165, 1.54) is 24.0 Å². The van der Waals surface area contributed by atoms with Gasteiger partial charge >= 0.3 is 6.03 Å². The smallest absolute Gasteiger partial charge is 0.321 e. The second-order valence-corrected chi connectivity index (χ2v) is 4.26. The lowest BCUT2D eigenvalue weighted by molar-refractivity contribution is -0.117. The van der Waals surface area contributed by atoms with Crippen molar-refractivity contribution in [2.45, 2.75) is 5.03 Å². The number of thioether (sulfide) groups is 1. The van der Waals surface area contributed by atoms with Crippen molar-refractivity contribution in [1.29, 1.82) is 0 Å². The molecular formula is C11H14N4O2S. The Balaban J connectivity index is 2.30. The van der Waals surface area contributed by atoms with Gasteiger partial charge in [0.2, 0.25) is 5.91 Å². The summed E-state index contributed by atoms with van der Waals surface area (Å²) in [5.41, 5.74) is 6.05. The van der Waals surface area contributed by atoms with E-state index in [1.807, 2.05) is 0 Å². The SMILES string of the molecule is C=CCNC(=O)NC(=O)CSc1ccc(N)cn1. The molecule has 4 N–H and O–H groups in total. The van der Waals surface area contributed by atoms with Gasteiger partial charge in [-0.1, -0.05) is 17.8 Å². The van der Waals surface area contributed by atoms with Crippen LogP contribution in [0, 0.1) is 0 Å². The number of nitrogens with one attached hydrogen (secondary N) is 2. The van der Waals surface area contributed by atoms with Crippen LogP contribution in [0.25, 0.3) is 0 Å². The third kappa shape index (κ3) is 5.35. The van der Waals surface area contributed by atoms with Crippen LogP contribution in [-0.2, 0) is 4.79 Å². The number of imide groups is 1. The number of aromatic nitrogens is 1. The van der Waals surface area contributed by atoms with Crippen molar-refractivity contribution in [2.75, 3.05) is 18.0 Å². The number of nitrogen functional groups attached to an aromatic ring is 1. The number of rotatable bonds is 5. The fourth-order valence-electron chi connectivity index (χ4n) is 0.988. The number of pyridine rings is 1. The molecule has 96 valence electrons. The quantitative estimate of drug-likeness (QED) is 0.540. The zero-order valence-corrected chi connectivity index (χ0v) is 10.5. The molecule has 0 spiro atoms. The maximum absolute atomic E-state index is 11.4. The monoisotopic (exact) mass is 266 g/mol. The Morgan fingerprint density at radius 3 is 2.89 bits per heavy atom. The number of carbonyl (C=O) groups is 2. The third-order valence-corrected chi connectivity index (χ3v) is 2.71. The molecule has 0 aliphatic rings. The lowest BCUT2D eigenvalue weighted by Crippen LogP contribution is -2.40. The van der Waals surface area contributed by atoms with Crippen LogP contribution >= 0.6 is 11.8 Å². The van der Waals surface area contributed by atoms with Crippen LogP contribution in [0.15, 0.2) is 36.0 Å². The summed E-state index contributed by atoms with van der Waals surface area (Å²) in [6, 6.07) is 2.88. The average Bonchev–Trinajstić information content (AvgIpc) is 2.35. The summed E-state index contributed by atoms with van der Waals surface area (Å²) < 4.78 is 0. The summed E-state index contributed by atoms with van der Waals surface area (Å²) in [6.07, 6.45) is 3.04. The van der Waals surface area contributed by atoms with Crippen LogP contribution in [0.2, 0.25) is 0 Å². The first-order valence-corrected chi connectivity index (χ1v) is 6.13. The minimum atomic E-state index is -0.536.